The molecule has 0 aliphatic carbocycles. The molecule has 21 heavy (non-hydrogen) atoms. The van der Waals surface area contributed by atoms with Gasteiger partial charge in [0.1, 0.15) is 17.3 Å². The second-order valence-electron chi connectivity index (χ2n) is 4.96. The van der Waals surface area contributed by atoms with Crippen molar-refractivity contribution in [3.63, 3.8) is 0 Å². The third kappa shape index (κ3) is 3.45. The average molecular weight is 289 g/mol. The summed E-state index contributed by atoms with van der Waals surface area (Å²) >= 11 is 0. The smallest absolute Gasteiger partial charge is 0.146 e. The lowest BCUT2D eigenvalue weighted by atomic mass is 10.1. The van der Waals surface area contributed by atoms with Gasteiger partial charge < -0.3 is 14.8 Å². The number of rotatable bonds is 5. The normalized spacial score (nSPS) is 11.9. The fraction of sp³-hybridized carbons (Fsp3) is 0.294. The van der Waals surface area contributed by atoms with Crippen LogP contribution in [0.25, 0.3) is 0 Å². The number of anilines is 1. The van der Waals surface area contributed by atoms with Gasteiger partial charge in [0.2, 0.25) is 0 Å². The Morgan fingerprint density at radius 2 is 1.81 bits per heavy atom. The Hall–Kier alpha value is -2.23. The third-order valence-electron chi connectivity index (χ3n) is 3.40. The van der Waals surface area contributed by atoms with E-state index in [9.17, 15) is 4.39 Å². The molecule has 0 spiro atoms. The van der Waals surface area contributed by atoms with E-state index in [0.717, 1.165) is 16.9 Å². The minimum absolute atomic E-state index is 0.0944. The zero-order valence-electron chi connectivity index (χ0n) is 12.7. The number of hydrogen-bond donors (Lipinski definition) is 1. The predicted molar refractivity (Wildman–Crippen MR) is 82.7 cm³/mol. The van der Waals surface area contributed by atoms with Crippen molar-refractivity contribution in [2.24, 2.45) is 0 Å². The Kier molecular flexibility index (Phi) is 4.68. The third-order valence-corrected chi connectivity index (χ3v) is 3.40. The van der Waals surface area contributed by atoms with E-state index in [0.29, 0.717) is 11.4 Å². The quantitative estimate of drug-likeness (QED) is 0.889. The maximum atomic E-state index is 13.9. The highest BCUT2D eigenvalue weighted by molar-refractivity contribution is 5.51. The van der Waals surface area contributed by atoms with Crippen molar-refractivity contribution in [1.29, 1.82) is 0 Å². The van der Waals surface area contributed by atoms with E-state index >= 15 is 0 Å². The van der Waals surface area contributed by atoms with E-state index in [1.165, 1.54) is 6.07 Å². The lowest BCUT2D eigenvalue weighted by Crippen LogP contribution is -2.09. The molecule has 4 heteroatoms. The van der Waals surface area contributed by atoms with Gasteiger partial charge in [0.25, 0.3) is 0 Å². The van der Waals surface area contributed by atoms with Crippen LogP contribution in [0.2, 0.25) is 0 Å². The number of benzene rings is 2. The van der Waals surface area contributed by atoms with Crippen molar-refractivity contribution in [2.75, 3.05) is 19.5 Å². The molecule has 0 bridgehead atoms. The Labute approximate surface area is 124 Å². The van der Waals surface area contributed by atoms with Crippen LogP contribution >= 0.6 is 0 Å². The SMILES string of the molecule is COc1ccc(C(C)Nc2ccc(C)cc2F)c(OC)c1. The highest BCUT2D eigenvalue weighted by Gasteiger charge is 2.14. The van der Waals surface area contributed by atoms with Gasteiger partial charge >= 0.3 is 0 Å². The fourth-order valence-corrected chi connectivity index (χ4v) is 2.22. The molecule has 0 amide bonds. The van der Waals surface area contributed by atoms with E-state index in [2.05, 4.69) is 5.32 Å². The number of nitrogens with one attached hydrogen (secondary N) is 1. The van der Waals surface area contributed by atoms with Gasteiger partial charge in [-0.1, -0.05) is 6.07 Å². The van der Waals surface area contributed by atoms with Crippen LogP contribution in [0, 0.1) is 12.7 Å². The van der Waals surface area contributed by atoms with E-state index in [-0.39, 0.29) is 11.9 Å². The van der Waals surface area contributed by atoms with E-state index in [1.54, 1.807) is 20.3 Å². The number of halogens is 1. The Bertz CT molecular complexity index is 628. The monoisotopic (exact) mass is 289 g/mol. The van der Waals surface area contributed by atoms with Crippen molar-refractivity contribution < 1.29 is 13.9 Å². The highest BCUT2D eigenvalue weighted by atomic mass is 19.1. The molecule has 3 nitrogen and oxygen atoms in total. The maximum Gasteiger partial charge on any atom is 0.146 e. The van der Waals surface area contributed by atoms with Crippen molar-refractivity contribution >= 4 is 5.69 Å². The zero-order chi connectivity index (χ0) is 15.4. The summed E-state index contributed by atoms with van der Waals surface area (Å²) in [4.78, 5) is 0. The molecule has 0 aliphatic rings. The maximum absolute atomic E-state index is 13.9. The lowest BCUT2D eigenvalue weighted by molar-refractivity contribution is 0.390. The molecule has 0 aliphatic heterocycles. The number of hydrogen-bond acceptors (Lipinski definition) is 3. The first-order valence-corrected chi connectivity index (χ1v) is 6.79. The Morgan fingerprint density at radius 3 is 2.43 bits per heavy atom. The molecule has 1 N–H and O–H groups in total. The summed E-state index contributed by atoms with van der Waals surface area (Å²) in [7, 11) is 3.22. The highest BCUT2D eigenvalue weighted by Crippen LogP contribution is 2.31. The molecule has 0 aromatic heterocycles. The summed E-state index contributed by atoms with van der Waals surface area (Å²) in [5.74, 6) is 1.18. The number of ether oxygens (including phenoxy) is 2. The van der Waals surface area contributed by atoms with E-state index < -0.39 is 0 Å². The molecule has 0 saturated carbocycles. The van der Waals surface area contributed by atoms with Gasteiger partial charge in [0.05, 0.1) is 25.9 Å². The molecule has 2 aromatic rings. The molecule has 0 radical (unpaired) electrons. The summed E-state index contributed by atoms with van der Waals surface area (Å²) in [6, 6.07) is 10.6. The minimum atomic E-state index is -0.255. The van der Waals surface area contributed by atoms with E-state index in [1.807, 2.05) is 38.1 Å². The van der Waals surface area contributed by atoms with Crippen molar-refractivity contribution in [2.45, 2.75) is 19.9 Å². The number of aryl methyl sites for hydroxylation is 1. The predicted octanol–water partition coefficient (Wildman–Crippen LogP) is 4.32. The molecule has 1 unspecified atom stereocenters. The molecule has 2 rings (SSSR count). The first-order chi connectivity index (χ1) is 10.0. The van der Waals surface area contributed by atoms with Crippen LogP contribution in [0.3, 0.4) is 0 Å². The van der Waals surface area contributed by atoms with Gasteiger partial charge in [-0.3, -0.25) is 0 Å². The minimum Gasteiger partial charge on any atom is -0.497 e. The van der Waals surface area contributed by atoms with Crippen molar-refractivity contribution in [1.82, 2.24) is 0 Å². The average Bonchev–Trinajstić information content (AvgIpc) is 2.49. The number of methoxy groups -OCH3 is 2. The molecule has 0 heterocycles. The molecule has 1 atom stereocenters. The molecule has 0 saturated heterocycles. The summed E-state index contributed by atoms with van der Waals surface area (Å²) in [5.41, 5.74) is 2.32. The summed E-state index contributed by atoms with van der Waals surface area (Å²) in [6.45, 7) is 3.83. The first-order valence-electron chi connectivity index (χ1n) is 6.79. The van der Waals surface area contributed by atoms with E-state index in [4.69, 9.17) is 9.47 Å². The Balaban J connectivity index is 2.25. The fourth-order valence-electron chi connectivity index (χ4n) is 2.22. The van der Waals surface area contributed by atoms with Crippen LogP contribution in [0.15, 0.2) is 36.4 Å². The van der Waals surface area contributed by atoms with Gasteiger partial charge in [-0.25, -0.2) is 4.39 Å². The molecule has 112 valence electrons. The topological polar surface area (TPSA) is 30.5 Å². The molecule has 0 fully saturated rings. The second-order valence-corrected chi connectivity index (χ2v) is 4.96. The molecular weight excluding hydrogens is 269 g/mol. The van der Waals surface area contributed by atoms with Crippen LogP contribution in [-0.4, -0.2) is 14.2 Å². The van der Waals surface area contributed by atoms with Gasteiger partial charge in [-0.05, 0) is 43.7 Å². The zero-order valence-corrected chi connectivity index (χ0v) is 12.7. The summed E-state index contributed by atoms with van der Waals surface area (Å²) in [6.07, 6.45) is 0. The largest absolute Gasteiger partial charge is 0.497 e. The van der Waals surface area contributed by atoms with Gasteiger partial charge in [-0.15, -0.1) is 0 Å². The van der Waals surface area contributed by atoms with Crippen LogP contribution in [0.4, 0.5) is 10.1 Å². The lowest BCUT2D eigenvalue weighted by Gasteiger charge is -2.19. The molecule has 2 aromatic carbocycles. The standard InChI is InChI=1S/C17H20FNO2/c1-11-5-8-16(15(18)9-11)19-12(2)14-7-6-13(20-3)10-17(14)21-4/h5-10,12,19H,1-4H3. The van der Waals surface area contributed by atoms with Gasteiger partial charge in [0, 0.05) is 11.6 Å². The van der Waals surface area contributed by atoms with Crippen LogP contribution in [0.1, 0.15) is 24.1 Å². The van der Waals surface area contributed by atoms with Crippen LogP contribution in [0.5, 0.6) is 11.5 Å². The van der Waals surface area contributed by atoms with Crippen molar-refractivity contribution in [3.05, 3.63) is 53.3 Å². The summed E-state index contributed by atoms with van der Waals surface area (Å²) in [5, 5.41) is 3.17. The van der Waals surface area contributed by atoms with Crippen LogP contribution < -0.4 is 14.8 Å². The molecular formula is C17H20FNO2. The Morgan fingerprint density at radius 1 is 1.05 bits per heavy atom. The second kappa shape index (κ2) is 6.48. The summed E-state index contributed by atoms with van der Waals surface area (Å²) < 4.78 is 24.5. The van der Waals surface area contributed by atoms with Crippen LogP contribution in [-0.2, 0) is 0 Å². The van der Waals surface area contributed by atoms with Crippen molar-refractivity contribution in [3.8, 4) is 11.5 Å². The first kappa shape index (κ1) is 15.2. The van der Waals surface area contributed by atoms with Gasteiger partial charge in [0.15, 0.2) is 0 Å². The van der Waals surface area contributed by atoms with Gasteiger partial charge in [-0.2, -0.15) is 0 Å².